The molecule has 4 rings (SSSR count). The van der Waals surface area contributed by atoms with Crippen LogP contribution in [-0.2, 0) is 16.1 Å². The van der Waals surface area contributed by atoms with Crippen molar-refractivity contribution in [2.75, 3.05) is 32.4 Å². The highest BCUT2D eigenvalue weighted by Gasteiger charge is 2.33. The van der Waals surface area contributed by atoms with Crippen molar-refractivity contribution in [1.82, 2.24) is 19.9 Å². The smallest absolute Gasteiger partial charge is 0.251 e. The van der Waals surface area contributed by atoms with Gasteiger partial charge in [-0.1, -0.05) is 23.9 Å². The van der Waals surface area contributed by atoms with Crippen LogP contribution in [0.25, 0.3) is 0 Å². The molecule has 1 atom stereocenters. The maximum absolute atomic E-state index is 14.1. The van der Waals surface area contributed by atoms with E-state index < -0.39 is 11.9 Å². The van der Waals surface area contributed by atoms with Gasteiger partial charge in [0.05, 0.1) is 27.1 Å². The van der Waals surface area contributed by atoms with Gasteiger partial charge in [-0.15, -0.1) is 0 Å². The van der Waals surface area contributed by atoms with Crippen LogP contribution in [0.3, 0.4) is 0 Å². The molecule has 218 valence electrons. The van der Waals surface area contributed by atoms with Crippen LogP contribution < -0.4 is 19.5 Å². The molecular weight excluding hydrogens is 554 g/mol. The highest BCUT2D eigenvalue weighted by Crippen LogP contribution is 2.34. The Balaban J connectivity index is 1.74. The molecule has 0 saturated heterocycles. The van der Waals surface area contributed by atoms with Crippen molar-refractivity contribution in [3.05, 3.63) is 95.6 Å². The van der Waals surface area contributed by atoms with Crippen LogP contribution in [0, 0.1) is 13.8 Å². The fourth-order valence-electron chi connectivity index (χ4n) is 4.36. The molecular formula is C31H33N5O5S. The number of amides is 2. The molecule has 1 N–H and O–H groups in total. The Labute approximate surface area is 249 Å². The van der Waals surface area contributed by atoms with Crippen LogP contribution in [0.15, 0.2) is 78.2 Å². The number of carbonyl (C=O) groups excluding carboxylic acids is 2. The molecule has 42 heavy (non-hydrogen) atoms. The third-order valence-corrected chi connectivity index (χ3v) is 7.16. The molecule has 0 bridgehead atoms. The lowest BCUT2D eigenvalue weighted by Crippen LogP contribution is -2.42. The summed E-state index contributed by atoms with van der Waals surface area (Å²) in [5.74, 6) is 0.923. The molecule has 0 radical (unpaired) electrons. The summed E-state index contributed by atoms with van der Waals surface area (Å²) in [6.45, 7) is 3.90. The monoisotopic (exact) mass is 587 g/mol. The van der Waals surface area contributed by atoms with Crippen LogP contribution >= 0.6 is 11.8 Å². The standard InChI is InChI=1S/C31H33N5O5S/c1-20-15-21(2)34-31(33-20)42-19-28(37)36(18-22-7-6-14-32-17-22)29(23-8-13-26(40-4)27(16-23)41-5)30(38)35-24-9-11-25(39-3)12-10-24/h6-17,29H,18-19H2,1-5H3,(H,35,38). The first-order valence-corrected chi connectivity index (χ1v) is 14.1. The average molecular weight is 588 g/mol. The van der Waals surface area contributed by atoms with Crippen molar-refractivity contribution in [3.63, 3.8) is 0 Å². The van der Waals surface area contributed by atoms with Crippen molar-refractivity contribution in [2.45, 2.75) is 31.6 Å². The van der Waals surface area contributed by atoms with Crippen LogP contribution in [0.4, 0.5) is 5.69 Å². The van der Waals surface area contributed by atoms with Gasteiger partial charge in [-0.3, -0.25) is 14.6 Å². The SMILES string of the molecule is COc1ccc(NC(=O)C(c2ccc(OC)c(OC)c2)N(Cc2cccnc2)C(=O)CSc2nc(C)cc(C)n2)cc1. The zero-order valence-corrected chi connectivity index (χ0v) is 25.0. The number of aromatic nitrogens is 3. The first-order valence-electron chi connectivity index (χ1n) is 13.1. The molecule has 0 aliphatic heterocycles. The van der Waals surface area contributed by atoms with Gasteiger partial charge in [0, 0.05) is 36.0 Å². The van der Waals surface area contributed by atoms with Gasteiger partial charge in [0.2, 0.25) is 5.91 Å². The fourth-order valence-corrected chi connectivity index (χ4v) is 5.20. The van der Waals surface area contributed by atoms with Crippen molar-refractivity contribution >= 4 is 29.3 Å². The first kappa shape index (κ1) is 30.3. The van der Waals surface area contributed by atoms with E-state index in [9.17, 15) is 9.59 Å². The van der Waals surface area contributed by atoms with Crippen LogP contribution in [-0.4, -0.2) is 58.7 Å². The van der Waals surface area contributed by atoms with E-state index in [1.165, 1.54) is 30.9 Å². The molecule has 0 fully saturated rings. The maximum Gasteiger partial charge on any atom is 0.251 e. The van der Waals surface area contributed by atoms with E-state index in [-0.39, 0.29) is 18.2 Å². The summed E-state index contributed by atoms with van der Waals surface area (Å²) >= 11 is 1.22. The highest BCUT2D eigenvalue weighted by molar-refractivity contribution is 7.99. The number of carbonyl (C=O) groups is 2. The molecule has 1 unspecified atom stereocenters. The Morgan fingerprint density at radius 2 is 1.62 bits per heavy atom. The summed E-state index contributed by atoms with van der Waals surface area (Å²) in [4.78, 5) is 42.7. The van der Waals surface area contributed by atoms with Gasteiger partial charge in [0.1, 0.15) is 11.8 Å². The zero-order valence-electron chi connectivity index (χ0n) is 24.2. The molecule has 2 aromatic carbocycles. The summed E-state index contributed by atoms with van der Waals surface area (Å²) in [6.07, 6.45) is 3.33. The minimum atomic E-state index is -1.03. The Kier molecular flexibility index (Phi) is 10.3. The largest absolute Gasteiger partial charge is 0.497 e. The van der Waals surface area contributed by atoms with E-state index >= 15 is 0 Å². The van der Waals surface area contributed by atoms with Gasteiger partial charge >= 0.3 is 0 Å². The van der Waals surface area contributed by atoms with Gasteiger partial charge in [0.15, 0.2) is 16.7 Å². The lowest BCUT2D eigenvalue weighted by atomic mass is 10.0. The second kappa shape index (κ2) is 14.3. The van der Waals surface area contributed by atoms with Gasteiger partial charge in [-0.05, 0) is 73.5 Å². The van der Waals surface area contributed by atoms with Crippen molar-refractivity contribution in [3.8, 4) is 17.2 Å². The molecule has 0 saturated carbocycles. The topological polar surface area (TPSA) is 116 Å². The van der Waals surface area contributed by atoms with E-state index in [1.54, 1.807) is 68.0 Å². The summed E-state index contributed by atoms with van der Waals surface area (Å²) in [5, 5.41) is 3.45. The minimum Gasteiger partial charge on any atom is -0.497 e. The molecule has 2 heterocycles. The number of hydrogen-bond acceptors (Lipinski definition) is 9. The Bertz CT molecular complexity index is 1500. The number of anilines is 1. The quantitative estimate of drug-likeness (QED) is 0.180. The number of aryl methyl sites for hydroxylation is 2. The summed E-state index contributed by atoms with van der Waals surface area (Å²) in [7, 11) is 4.63. The van der Waals surface area contributed by atoms with E-state index in [0.717, 1.165) is 17.0 Å². The lowest BCUT2D eigenvalue weighted by molar-refractivity contribution is -0.137. The summed E-state index contributed by atoms with van der Waals surface area (Å²) < 4.78 is 16.2. The van der Waals surface area contributed by atoms with Crippen molar-refractivity contribution in [2.24, 2.45) is 0 Å². The first-order chi connectivity index (χ1) is 20.3. The van der Waals surface area contributed by atoms with E-state index in [0.29, 0.717) is 33.7 Å². The second-order valence-corrected chi connectivity index (χ2v) is 10.3. The Morgan fingerprint density at radius 3 is 2.24 bits per heavy atom. The molecule has 0 aliphatic rings. The molecule has 0 aliphatic carbocycles. The normalized spacial score (nSPS) is 11.4. The van der Waals surface area contributed by atoms with Crippen LogP contribution in [0.1, 0.15) is 28.6 Å². The molecule has 4 aromatic rings. The van der Waals surface area contributed by atoms with Gasteiger partial charge in [-0.25, -0.2) is 9.97 Å². The number of methoxy groups -OCH3 is 3. The third-order valence-electron chi connectivity index (χ3n) is 6.32. The second-order valence-electron chi connectivity index (χ2n) is 9.34. The van der Waals surface area contributed by atoms with Gasteiger partial charge in [-0.2, -0.15) is 0 Å². The van der Waals surface area contributed by atoms with E-state index in [2.05, 4.69) is 20.3 Å². The number of benzene rings is 2. The predicted octanol–water partition coefficient (Wildman–Crippen LogP) is 5.02. The number of rotatable bonds is 12. The highest BCUT2D eigenvalue weighted by atomic mass is 32.2. The number of hydrogen-bond donors (Lipinski definition) is 1. The fraction of sp³-hybridized carbons (Fsp3) is 0.258. The average Bonchev–Trinajstić information content (AvgIpc) is 2.99. The van der Waals surface area contributed by atoms with Crippen LogP contribution in [0.5, 0.6) is 17.2 Å². The lowest BCUT2D eigenvalue weighted by Gasteiger charge is -2.32. The maximum atomic E-state index is 14.1. The number of pyridine rings is 1. The minimum absolute atomic E-state index is 0.0166. The molecule has 10 nitrogen and oxygen atoms in total. The number of nitrogens with zero attached hydrogens (tertiary/aromatic N) is 4. The predicted molar refractivity (Wildman–Crippen MR) is 161 cm³/mol. The molecule has 11 heteroatoms. The van der Waals surface area contributed by atoms with E-state index in [4.69, 9.17) is 14.2 Å². The Morgan fingerprint density at radius 1 is 0.905 bits per heavy atom. The van der Waals surface area contributed by atoms with Crippen molar-refractivity contribution in [1.29, 1.82) is 0 Å². The van der Waals surface area contributed by atoms with Gasteiger partial charge in [0.25, 0.3) is 5.91 Å². The zero-order chi connectivity index (χ0) is 30.1. The molecule has 2 amide bonds. The number of ether oxygens (including phenoxy) is 3. The van der Waals surface area contributed by atoms with Crippen LogP contribution in [0.2, 0.25) is 0 Å². The summed E-state index contributed by atoms with van der Waals surface area (Å²) in [5.41, 5.74) is 3.49. The molecule has 2 aromatic heterocycles. The number of nitrogens with one attached hydrogen (secondary N) is 1. The Hall–Kier alpha value is -4.64. The number of thioether (sulfide) groups is 1. The van der Waals surface area contributed by atoms with E-state index in [1.807, 2.05) is 26.0 Å². The molecule has 0 spiro atoms. The third kappa shape index (κ3) is 7.76. The van der Waals surface area contributed by atoms with Crippen molar-refractivity contribution < 1.29 is 23.8 Å². The van der Waals surface area contributed by atoms with Gasteiger partial charge < -0.3 is 24.4 Å². The summed E-state index contributed by atoms with van der Waals surface area (Å²) in [6, 6.07) is 16.7.